The van der Waals surface area contributed by atoms with Crippen molar-refractivity contribution in [2.24, 2.45) is 0 Å². The Labute approximate surface area is 151 Å². The van der Waals surface area contributed by atoms with Crippen molar-refractivity contribution in [2.45, 2.75) is 0 Å². The first-order valence-corrected chi connectivity index (χ1v) is 8.86. The highest BCUT2D eigenvalue weighted by molar-refractivity contribution is 7.15. The quantitative estimate of drug-likeness (QED) is 0.469. The summed E-state index contributed by atoms with van der Waals surface area (Å²) >= 11 is 1.58. The lowest BCUT2D eigenvalue weighted by Crippen LogP contribution is -2.00. The van der Waals surface area contributed by atoms with Crippen molar-refractivity contribution in [3.8, 4) is 28.1 Å². The molecule has 3 heterocycles. The van der Waals surface area contributed by atoms with E-state index in [4.69, 9.17) is 4.42 Å². The van der Waals surface area contributed by atoms with Gasteiger partial charge in [-0.1, -0.05) is 42.5 Å². The van der Waals surface area contributed by atoms with Gasteiger partial charge in [0.2, 0.25) is 5.75 Å². The van der Waals surface area contributed by atoms with E-state index in [2.05, 4.69) is 4.98 Å². The van der Waals surface area contributed by atoms with Gasteiger partial charge in [0.05, 0.1) is 5.69 Å². The van der Waals surface area contributed by atoms with Crippen molar-refractivity contribution in [3.05, 3.63) is 76.7 Å². The first-order chi connectivity index (χ1) is 12.7. The molecule has 0 amide bonds. The Morgan fingerprint density at radius 2 is 1.81 bits per heavy atom. The second kappa shape index (κ2) is 5.57. The van der Waals surface area contributed by atoms with Gasteiger partial charge in [-0.05, 0) is 11.6 Å². The zero-order valence-corrected chi connectivity index (χ0v) is 14.2. The number of nitrogens with zero attached hydrogens (tertiary/aromatic N) is 2. The zero-order valence-electron chi connectivity index (χ0n) is 13.4. The summed E-state index contributed by atoms with van der Waals surface area (Å²) in [5.74, 6) is -0.376. The molecule has 0 fully saturated rings. The molecule has 0 aliphatic heterocycles. The Hall–Kier alpha value is -3.38. The molecule has 3 aromatic heterocycles. The van der Waals surface area contributed by atoms with Crippen LogP contribution in [0.15, 0.2) is 75.5 Å². The van der Waals surface area contributed by atoms with Crippen LogP contribution in [0, 0.1) is 0 Å². The van der Waals surface area contributed by atoms with Crippen LogP contribution in [0.5, 0.6) is 5.75 Å². The first kappa shape index (κ1) is 14.9. The van der Waals surface area contributed by atoms with Crippen molar-refractivity contribution < 1.29 is 9.52 Å². The van der Waals surface area contributed by atoms with Crippen molar-refractivity contribution in [1.29, 1.82) is 0 Å². The topological polar surface area (TPSA) is 67.7 Å². The van der Waals surface area contributed by atoms with Crippen LogP contribution in [0.4, 0.5) is 0 Å². The molecule has 0 saturated carbocycles. The van der Waals surface area contributed by atoms with Crippen LogP contribution in [0.3, 0.4) is 0 Å². The monoisotopic (exact) mass is 360 g/mol. The molecule has 2 aromatic carbocycles. The van der Waals surface area contributed by atoms with E-state index >= 15 is 0 Å². The minimum atomic E-state index is -0.739. The summed E-state index contributed by atoms with van der Waals surface area (Å²) in [6.07, 6.45) is 3.95. The molecule has 5 rings (SSSR count). The molecule has 0 spiro atoms. The number of aromatic hydroxyl groups is 1. The molecule has 0 radical (unpaired) electrons. The number of imidazole rings is 1. The minimum Gasteiger partial charge on any atom is -0.501 e. The number of fused-ring (bicyclic) bond motifs is 2. The van der Waals surface area contributed by atoms with Gasteiger partial charge in [-0.25, -0.2) is 9.78 Å². The molecule has 0 aliphatic rings. The van der Waals surface area contributed by atoms with Gasteiger partial charge in [0, 0.05) is 34.3 Å². The SMILES string of the molecule is O=c1oc2ccccc2c(-c2ccc(-c3cn4ccsc4n3)cc2)c1O. The third kappa shape index (κ3) is 2.23. The molecule has 0 bridgehead atoms. The molecule has 0 aliphatic carbocycles. The van der Waals surface area contributed by atoms with Crippen molar-refractivity contribution in [1.82, 2.24) is 9.38 Å². The predicted molar refractivity (Wildman–Crippen MR) is 102 cm³/mol. The minimum absolute atomic E-state index is 0.376. The smallest absolute Gasteiger partial charge is 0.379 e. The number of hydrogen-bond acceptors (Lipinski definition) is 5. The molecule has 1 N–H and O–H groups in total. The summed E-state index contributed by atoms with van der Waals surface area (Å²) in [6, 6.07) is 14.8. The van der Waals surface area contributed by atoms with Crippen LogP contribution in [-0.2, 0) is 0 Å². The molecule has 26 heavy (non-hydrogen) atoms. The van der Waals surface area contributed by atoms with E-state index in [-0.39, 0.29) is 5.75 Å². The second-order valence-corrected chi connectivity index (χ2v) is 6.78. The molecule has 0 unspecified atom stereocenters. The summed E-state index contributed by atoms with van der Waals surface area (Å²) < 4.78 is 7.14. The van der Waals surface area contributed by atoms with E-state index in [9.17, 15) is 9.90 Å². The summed E-state index contributed by atoms with van der Waals surface area (Å²) in [7, 11) is 0. The molecule has 0 atom stereocenters. The average molecular weight is 360 g/mol. The molecule has 126 valence electrons. The average Bonchev–Trinajstić information content (AvgIpc) is 3.25. The fourth-order valence-corrected chi connectivity index (χ4v) is 3.81. The van der Waals surface area contributed by atoms with E-state index in [0.717, 1.165) is 21.8 Å². The first-order valence-electron chi connectivity index (χ1n) is 7.98. The Morgan fingerprint density at radius 1 is 1.04 bits per heavy atom. The van der Waals surface area contributed by atoms with Crippen LogP contribution in [0.2, 0.25) is 0 Å². The van der Waals surface area contributed by atoms with E-state index in [0.29, 0.717) is 16.5 Å². The maximum atomic E-state index is 12.0. The normalized spacial score (nSPS) is 11.4. The zero-order chi connectivity index (χ0) is 17.7. The molecule has 0 saturated heterocycles. The number of thiazole rings is 1. The van der Waals surface area contributed by atoms with E-state index in [1.165, 1.54) is 0 Å². The largest absolute Gasteiger partial charge is 0.501 e. The standard InChI is InChI=1S/C20H12N2O3S/c23-18-17(14-3-1-2-4-16(14)25-19(18)24)13-7-5-12(6-8-13)15-11-22-9-10-26-20(22)21-15/h1-11,23H. The third-order valence-electron chi connectivity index (χ3n) is 4.35. The number of hydrogen-bond donors (Lipinski definition) is 1. The molecule has 5 aromatic rings. The summed E-state index contributed by atoms with van der Waals surface area (Å²) in [6.45, 7) is 0. The van der Waals surface area contributed by atoms with E-state index < -0.39 is 5.63 Å². The van der Waals surface area contributed by atoms with Crippen molar-refractivity contribution in [2.75, 3.05) is 0 Å². The van der Waals surface area contributed by atoms with E-state index in [1.54, 1.807) is 23.5 Å². The Morgan fingerprint density at radius 3 is 2.62 bits per heavy atom. The number of para-hydroxylation sites is 1. The van der Waals surface area contributed by atoms with Crippen LogP contribution in [0.1, 0.15) is 0 Å². The van der Waals surface area contributed by atoms with Crippen LogP contribution < -0.4 is 5.63 Å². The number of rotatable bonds is 2. The van der Waals surface area contributed by atoms with Gasteiger partial charge < -0.3 is 9.52 Å². The summed E-state index contributed by atoms with van der Waals surface area (Å²) in [5.41, 5.74) is 2.79. The predicted octanol–water partition coefficient (Wildman–Crippen LogP) is 4.54. The molecular weight excluding hydrogens is 348 g/mol. The maximum absolute atomic E-state index is 12.0. The lowest BCUT2D eigenvalue weighted by atomic mass is 9.99. The highest BCUT2D eigenvalue weighted by Crippen LogP contribution is 2.35. The van der Waals surface area contributed by atoms with Gasteiger partial charge in [-0.3, -0.25) is 4.40 Å². The summed E-state index contributed by atoms with van der Waals surface area (Å²) in [5, 5.41) is 13.0. The molecule has 5 nitrogen and oxygen atoms in total. The van der Waals surface area contributed by atoms with Gasteiger partial charge >= 0.3 is 5.63 Å². The summed E-state index contributed by atoms with van der Waals surface area (Å²) in [4.78, 5) is 17.5. The van der Waals surface area contributed by atoms with Crippen LogP contribution in [0.25, 0.3) is 38.3 Å². The maximum Gasteiger partial charge on any atom is 0.379 e. The fourth-order valence-electron chi connectivity index (χ4n) is 3.11. The third-order valence-corrected chi connectivity index (χ3v) is 5.12. The highest BCUT2D eigenvalue weighted by atomic mass is 32.1. The lowest BCUT2D eigenvalue weighted by Gasteiger charge is -2.08. The van der Waals surface area contributed by atoms with Crippen LogP contribution >= 0.6 is 11.3 Å². The number of benzene rings is 2. The van der Waals surface area contributed by atoms with Crippen molar-refractivity contribution >= 4 is 27.3 Å². The van der Waals surface area contributed by atoms with Gasteiger partial charge in [0.15, 0.2) is 4.96 Å². The lowest BCUT2D eigenvalue weighted by molar-refractivity contribution is 0.430. The van der Waals surface area contributed by atoms with Crippen LogP contribution in [-0.4, -0.2) is 14.5 Å². The Bertz CT molecular complexity index is 1280. The van der Waals surface area contributed by atoms with Gasteiger partial charge in [0.25, 0.3) is 0 Å². The van der Waals surface area contributed by atoms with E-state index in [1.807, 2.05) is 58.6 Å². The van der Waals surface area contributed by atoms with Gasteiger partial charge in [-0.15, -0.1) is 11.3 Å². The Balaban J connectivity index is 1.65. The van der Waals surface area contributed by atoms with Crippen molar-refractivity contribution in [3.63, 3.8) is 0 Å². The highest BCUT2D eigenvalue weighted by Gasteiger charge is 2.15. The second-order valence-electron chi connectivity index (χ2n) is 5.91. The Kier molecular flexibility index (Phi) is 3.20. The molecular formula is C20H12N2O3S. The fraction of sp³-hybridized carbons (Fsp3) is 0. The van der Waals surface area contributed by atoms with Gasteiger partial charge in [0.1, 0.15) is 5.58 Å². The molecule has 6 heteroatoms. The van der Waals surface area contributed by atoms with Gasteiger partial charge in [-0.2, -0.15) is 0 Å². The number of aromatic nitrogens is 2.